The van der Waals surface area contributed by atoms with E-state index in [0.29, 0.717) is 29.8 Å². The van der Waals surface area contributed by atoms with E-state index >= 15 is 0 Å². The van der Waals surface area contributed by atoms with E-state index in [0.717, 1.165) is 5.56 Å². The van der Waals surface area contributed by atoms with Crippen LogP contribution in [-0.4, -0.2) is 80.7 Å². The third-order valence-electron chi connectivity index (χ3n) is 5.77. The first-order valence-electron chi connectivity index (χ1n) is 11.1. The minimum atomic E-state index is -0.354. The lowest BCUT2D eigenvalue weighted by atomic mass is 10.1. The fraction of sp³-hybridized carbons (Fsp3) is 0.250. The maximum absolute atomic E-state index is 13.2. The number of fused-ring (bicyclic) bond motifs is 1. The number of aromatic hydroxyl groups is 1. The average Bonchev–Trinajstić information content (AvgIpc) is 3.33. The standard InChI is InChI=1S/C24H22FN7O4/c1-30(2)24(35)31-9-10-32(20(34)13-31)22-21-16(26-8-7-18(21)33)12-17(27-22)23-29-28-19(36-23)11-14-3-5-15(25)6-4-14/h3-8,12H,9-11,13H2,1-2H3,(H,26,33). The molecule has 0 spiro atoms. The van der Waals surface area contributed by atoms with Crippen molar-refractivity contribution in [1.29, 1.82) is 0 Å². The van der Waals surface area contributed by atoms with Crippen molar-refractivity contribution in [2.24, 2.45) is 0 Å². The Balaban J connectivity index is 1.49. The van der Waals surface area contributed by atoms with Gasteiger partial charge in [0.05, 0.1) is 17.3 Å². The Bertz CT molecular complexity index is 1450. The summed E-state index contributed by atoms with van der Waals surface area (Å²) in [6.45, 7) is 0.339. The first-order chi connectivity index (χ1) is 17.3. The summed E-state index contributed by atoms with van der Waals surface area (Å²) < 4.78 is 19.0. The third-order valence-corrected chi connectivity index (χ3v) is 5.77. The minimum absolute atomic E-state index is 0.0869. The summed E-state index contributed by atoms with van der Waals surface area (Å²) in [4.78, 5) is 38.6. The number of nitrogens with zero attached hydrogens (tertiary/aromatic N) is 7. The van der Waals surface area contributed by atoms with Crippen LogP contribution in [0.5, 0.6) is 5.75 Å². The molecular formula is C24H22FN7O4. The Labute approximate surface area is 204 Å². The number of halogens is 1. The summed E-state index contributed by atoms with van der Waals surface area (Å²) in [5.74, 6) is -0.183. The van der Waals surface area contributed by atoms with Gasteiger partial charge in [0.2, 0.25) is 11.8 Å². The predicted octanol–water partition coefficient (Wildman–Crippen LogP) is 2.45. The van der Waals surface area contributed by atoms with Crippen LogP contribution in [0.25, 0.3) is 22.5 Å². The van der Waals surface area contributed by atoms with Crippen LogP contribution in [0.4, 0.5) is 15.0 Å². The average molecular weight is 491 g/mol. The molecule has 3 aromatic heterocycles. The number of carbonyl (C=O) groups is 2. The van der Waals surface area contributed by atoms with Gasteiger partial charge in [0.25, 0.3) is 5.89 Å². The molecule has 1 aromatic carbocycles. The highest BCUT2D eigenvalue weighted by Crippen LogP contribution is 2.35. The number of rotatable bonds is 4. The van der Waals surface area contributed by atoms with Crippen LogP contribution in [0.15, 0.2) is 47.0 Å². The Morgan fingerprint density at radius 1 is 1.17 bits per heavy atom. The van der Waals surface area contributed by atoms with Crippen molar-refractivity contribution in [3.05, 3.63) is 59.9 Å². The highest BCUT2D eigenvalue weighted by atomic mass is 19.1. The zero-order valence-corrected chi connectivity index (χ0v) is 19.6. The van der Waals surface area contributed by atoms with Crippen LogP contribution in [0.1, 0.15) is 11.5 Å². The lowest BCUT2D eigenvalue weighted by Gasteiger charge is -2.35. The normalized spacial score (nSPS) is 13.9. The van der Waals surface area contributed by atoms with E-state index in [9.17, 15) is 19.1 Å². The summed E-state index contributed by atoms with van der Waals surface area (Å²) in [5, 5.41) is 19.0. The Hall–Kier alpha value is -4.61. The van der Waals surface area contributed by atoms with E-state index in [1.54, 1.807) is 32.3 Å². The molecule has 0 aliphatic carbocycles. The zero-order chi connectivity index (χ0) is 25.4. The van der Waals surface area contributed by atoms with Crippen LogP contribution in [0.2, 0.25) is 0 Å². The first kappa shape index (κ1) is 23.1. The molecular weight excluding hydrogens is 469 g/mol. The van der Waals surface area contributed by atoms with E-state index in [1.807, 2.05) is 0 Å². The van der Waals surface area contributed by atoms with Gasteiger partial charge in [-0.3, -0.25) is 14.7 Å². The molecule has 5 rings (SSSR count). The molecule has 184 valence electrons. The summed E-state index contributed by atoms with van der Waals surface area (Å²) in [7, 11) is 3.24. The van der Waals surface area contributed by atoms with Crippen molar-refractivity contribution in [3.63, 3.8) is 0 Å². The van der Waals surface area contributed by atoms with Gasteiger partial charge in [0, 0.05) is 33.4 Å². The third kappa shape index (κ3) is 4.40. The van der Waals surface area contributed by atoms with Gasteiger partial charge in [-0.05, 0) is 29.8 Å². The Morgan fingerprint density at radius 3 is 2.67 bits per heavy atom. The fourth-order valence-corrected chi connectivity index (χ4v) is 3.99. The smallest absolute Gasteiger partial charge is 0.320 e. The molecule has 1 fully saturated rings. The van der Waals surface area contributed by atoms with Gasteiger partial charge < -0.3 is 19.3 Å². The quantitative estimate of drug-likeness (QED) is 0.461. The molecule has 0 bridgehead atoms. The number of amides is 3. The lowest BCUT2D eigenvalue weighted by Crippen LogP contribution is -2.54. The van der Waals surface area contributed by atoms with Gasteiger partial charge >= 0.3 is 6.03 Å². The van der Waals surface area contributed by atoms with Crippen LogP contribution in [-0.2, 0) is 11.2 Å². The van der Waals surface area contributed by atoms with Gasteiger partial charge in [-0.1, -0.05) is 12.1 Å². The van der Waals surface area contributed by atoms with Crippen LogP contribution >= 0.6 is 0 Å². The van der Waals surface area contributed by atoms with E-state index in [2.05, 4.69) is 20.2 Å². The van der Waals surface area contributed by atoms with Gasteiger partial charge in [0.1, 0.15) is 29.6 Å². The molecule has 3 amide bonds. The number of aromatic nitrogens is 4. The minimum Gasteiger partial charge on any atom is -0.507 e. The van der Waals surface area contributed by atoms with Crippen molar-refractivity contribution < 1.29 is 23.5 Å². The number of carbonyl (C=O) groups excluding carboxylic acids is 2. The molecule has 1 saturated heterocycles. The Morgan fingerprint density at radius 2 is 1.94 bits per heavy atom. The van der Waals surface area contributed by atoms with Crippen molar-refractivity contribution in [1.82, 2.24) is 30.0 Å². The summed E-state index contributed by atoms with van der Waals surface area (Å²) in [6.07, 6.45) is 1.74. The highest BCUT2D eigenvalue weighted by Gasteiger charge is 2.32. The number of urea groups is 1. The second-order valence-electron chi connectivity index (χ2n) is 8.50. The highest BCUT2D eigenvalue weighted by molar-refractivity contribution is 6.06. The Kier molecular flexibility index (Phi) is 5.92. The predicted molar refractivity (Wildman–Crippen MR) is 127 cm³/mol. The topological polar surface area (TPSA) is 129 Å². The van der Waals surface area contributed by atoms with Crippen molar-refractivity contribution >= 4 is 28.7 Å². The molecule has 1 aliphatic rings. The molecule has 0 atom stereocenters. The summed E-state index contributed by atoms with van der Waals surface area (Å²) >= 11 is 0. The molecule has 1 aliphatic heterocycles. The molecule has 4 heterocycles. The van der Waals surface area contributed by atoms with Gasteiger partial charge in [-0.2, -0.15) is 0 Å². The van der Waals surface area contributed by atoms with Crippen LogP contribution in [0.3, 0.4) is 0 Å². The zero-order valence-electron chi connectivity index (χ0n) is 19.6. The molecule has 12 heteroatoms. The largest absolute Gasteiger partial charge is 0.507 e. The maximum atomic E-state index is 13.2. The second kappa shape index (κ2) is 9.21. The lowest BCUT2D eigenvalue weighted by molar-refractivity contribution is -0.120. The number of pyridine rings is 2. The number of hydrogen-bond acceptors (Lipinski definition) is 8. The number of anilines is 1. The molecule has 0 radical (unpaired) electrons. The van der Waals surface area contributed by atoms with E-state index < -0.39 is 0 Å². The first-order valence-corrected chi connectivity index (χ1v) is 11.1. The van der Waals surface area contributed by atoms with E-state index in [1.165, 1.54) is 39.1 Å². The van der Waals surface area contributed by atoms with Crippen molar-refractivity contribution in [3.8, 4) is 17.3 Å². The maximum Gasteiger partial charge on any atom is 0.320 e. The molecule has 0 saturated carbocycles. The van der Waals surface area contributed by atoms with Gasteiger partial charge in [-0.15, -0.1) is 10.2 Å². The molecule has 11 nitrogen and oxygen atoms in total. The van der Waals surface area contributed by atoms with Gasteiger partial charge in [0.15, 0.2) is 0 Å². The molecule has 4 aromatic rings. The van der Waals surface area contributed by atoms with Crippen molar-refractivity contribution in [2.45, 2.75) is 6.42 Å². The SMILES string of the molecule is CN(C)C(=O)N1CCN(c2nc(-c3nnc(Cc4ccc(F)cc4)o3)cc3nccc(O)c23)C(=O)C1. The van der Waals surface area contributed by atoms with Crippen molar-refractivity contribution in [2.75, 3.05) is 38.6 Å². The number of benzene rings is 1. The summed E-state index contributed by atoms with van der Waals surface area (Å²) in [5.41, 5.74) is 1.45. The second-order valence-corrected chi connectivity index (χ2v) is 8.50. The molecule has 36 heavy (non-hydrogen) atoms. The number of hydrogen-bond donors (Lipinski definition) is 1. The number of piperazine rings is 1. The molecule has 1 N–H and O–H groups in total. The van der Waals surface area contributed by atoms with Crippen LogP contribution in [0, 0.1) is 5.82 Å². The van der Waals surface area contributed by atoms with Gasteiger partial charge in [-0.25, -0.2) is 14.2 Å². The monoisotopic (exact) mass is 491 g/mol. The van der Waals surface area contributed by atoms with E-state index in [-0.39, 0.29) is 54.0 Å². The summed E-state index contributed by atoms with van der Waals surface area (Å²) in [6, 6.07) is 8.70. The fourth-order valence-electron chi connectivity index (χ4n) is 3.99. The molecule has 0 unspecified atom stereocenters. The van der Waals surface area contributed by atoms with Crippen LogP contribution < -0.4 is 4.90 Å². The van der Waals surface area contributed by atoms with E-state index in [4.69, 9.17) is 4.42 Å².